The Kier molecular flexibility index (Phi) is 5.48. The lowest BCUT2D eigenvalue weighted by Crippen LogP contribution is -2.42. The Morgan fingerprint density at radius 2 is 2.05 bits per heavy atom. The van der Waals surface area contributed by atoms with Gasteiger partial charge in [-0.2, -0.15) is 0 Å². The lowest BCUT2D eigenvalue weighted by atomic mass is 10.0. The van der Waals surface area contributed by atoms with Gasteiger partial charge in [0.15, 0.2) is 0 Å². The molecule has 1 rings (SSSR count). The average Bonchev–Trinajstić information content (AvgIpc) is 2.30. The number of hydrogen-bond donors (Lipinski definition) is 2. The van der Waals surface area contributed by atoms with Crippen LogP contribution < -0.4 is 5.32 Å². The van der Waals surface area contributed by atoms with Crippen LogP contribution in [0.5, 0.6) is 0 Å². The van der Waals surface area contributed by atoms with Gasteiger partial charge >= 0.3 is 5.97 Å². The van der Waals surface area contributed by atoms with Gasteiger partial charge in [-0.25, -0.2) is 4.79 Å². The second kappa shape index (κ2) is 6.87. The highest BCUT2D eigenvalue weighted by Crippen LogP contribution is 2.06. The summed E-state index contributed by atoms with van der Waals surface area (Å²) in [7, 11) is 0. The standard InChI is InChI=1S/C14H20N2O3/c1-9(2)6-12(14(18)19)16-13(17)7-11-5-4-10(3)15-8-11/h4-5,8-9,12H,6-7H2,1-3H3,(H,16,17)(H,18,19)/t12-/m0/s1. The second-order valence-electron chi connectivity index (χ2n) is 5.07. The molecule has 0 saturated carbocycles. The molecule has 1 atom stereocenters. The van der Waals surface area contributed by atoms with E-state index in [9.17, 15) is 9.59 Å². The van der Waals surface area contributed by atoms with Crippen LogP contribution >= 0.6 is 0 Å². The lowest BCUT2D eigenvalue weighted by Gasteiger charge is -2.16. The van der Waals surface area contributed by atoms with Crippen LogP contribution in [0.4, 0.5) is 0 Å². The molecule has 1 aromatic rings. The Labute approximate surface area is 113 Å². The van der Waals surface area contributed by atoms with Gasteiger partial charge in [0.2, 0.25) is 5.91 Å². The van der Waals surface area contributed by atoms with E-state index in [1.54, 1.807) is 6.20 Å². The minimum atomic E-state index is -0.996. The van der Waals surface area contributed by atoms with Crippen molar-refractivity contribution >= 4 is 11.9 Å². The first kappa shape index (κ1) is 15.1. The van der Waals surface area contributed by atoms with Gasteiger partial charge < -0.3 is 10.4 Å². The molecule has 0 aliphatic carbocycles. The molecule has 0 fully saturated rings. The molecule has 1 amide bonds. The van der Waals surface area contributed by atoms with Crippen molar-refractivity contribution in [1.82, 2.24) is 10.3 Å². The number of carbonyl (C=O) groups is 2. The molecule has 2 N–H and O–H groups in total. The zero-order valence-corrected chi connectivity index (χ0v) is 11.5. The fourth-order valence-corrected chi connectivity index (χ4v) is 1.73. The fourth-order valence-electron chi connectivity index (χ4n) is 1.73. The van der Waals surface area contributed by atoms with E-state index < -0.39 is 12.0 Å². The Morgan fingerprint density at radius 3 is 2.53 bits per heavy atom. The quantitative estimate of drug-likeness (QED) is 0.817. The molecule has 19 heavy (non-hydrogen) atoms. The monoisotopic (exact) mass is 264 g/mol. The maximum atomic E-state index is 11.8. The van der Waals surface area contributed by atoms with Crippen LogP contribution in [0.1, 0.15) is 31.5 Å². The minimum Gasteiger partial charge on any atom is -0.480 e. The molecule has 0 aliphatic rings. The maximum absolute atomic E-state index is 11.8. The maximum Gasteiger partial charge on any atom is 0.326 e. The normalized spacial score (nSPS) is 12.2. The minimum absolute atomic E-state index is 0.148. The Morgan fingerprint density at radius 1 is 1.37 bits per heavy atom. The van der Waals surface area contributed by atoms with Crippen molar-refractivity contribution in [1.29, 1.82) is 0 Å². The molecule has 0 bridgehead atoms. The summed E-state index contributed by atoms with van der Waals surface area (Å²) >= 11 is 0. The highest BCUT2D eigenvalue weighted by Gasteiger charge is 2.20. The van der Waals surface area contributed by atoms with Gasteiger partial charge in [-0.3, -0.25) is 9.78 Å². The molecular formula is C14H20N2O3. The molecule has 0 radical (unpaired) electrons. The van der Waals surface area contributed by atoms with Gasteiger partial charge in [0.05, 0.1) is 6.42 Å². The molecule has 1 aromatic heterocycles. The number of aromatic nitrogens is 1. The molecule has 0 aliphatic heterocycles. The summed E-state index contributed by atoms with van der Waals surface area (Å²) in [6.07, 6.45) is 2.20. The van der Waals surface area contributed by atoms with Crippen molar-refractivity contribution in [2.24, 2.45) is 5.92 Å². The number of aryl methyl sites for hydroxylation is 1. The molecule has 0 saturated heterocycles. The van der Waals surface area contributed by atoms with Gasteiger partial charge in [0, 0.05) is 11.9 Å². The first-order chi connectivity index (χ1) is 8.88. The van der Waals surface area contributed by atoms with E-state index in [1.165, 1.54) is 0 Å². The molecule has 0 spiro atoms. The predicted octanol–water partition coefficient (Wildman–Crippen LogP) is 1.55. The summed E-state index contributed by atoms with van der Waals surface area (Å²) in [4.78, 5) is 26.9. The van der Waals surface area contributed by atoms with Crippen molar-refractivity contribution < 1.29 is 14.7 Å². The van der Waals surface area contributed by atoms with E-state index in [0.717, 1.165) is 11.3 Å². The SMILES string of the molecule is Cc1ccc(CC(=O)N[C@@H](CC(C)C)C(=O)O)cn1. The van der Waals surface area contributed by atoms with Crippen LogP contribution in [0.3, 0.4) is 0 Å². The number of amides is 1. The lowest BCUT2D eigenvalue weighted by molar-refractivity contribution is -0.142. The van der Waals surface area contributed by atoms with Crippen LogP contribution in [-0.2, 0) is 16.0 Å². The smallest absolute Gasteiger partial charge is 0.326 e. The van der Waals surface area contributed by atoms with Crippen LogP contribution in [0.25, 0.3) is 0 Å². The van der Waals surface area contributed by atoms with E-state index >= 15 is 0 Å². The third kappa shape index (κ3) is 5.50. The molecule has 104 valence electrons. The molecule has 1 heterocycles. The van der Waals surface area contributed by atoms with Gasteiger partial charge in [-0.15, -0.1) is 0 Å². The van der Waals surface area contributed by atoms with Gasteiger partial charge in [0.25, 0.3) is 0 Å². The summed E-state index contributed by atoms with van der Waals surface area (Å²) in [6.45, 7) is 5.71. The molecule has 5 nitrogen and oxygen atoms in total. The first-order valence-electron chi connectivity index (χ1n) is 6.32. The highest BCUT2D eigenvalue weighted by atomic mass is 16.4. The number of carboxylic acid groups (broad SMARTS) is 1. The summed E-state index contributed by atoms with van der Waals surface area (Å²) in [5, 5.41) is 11.6. The zero-order chi connectivity index (χ0) is 14.4. The van der Waals surface area contributed by atoms with E-state index in [0.29, 0.717) is 6.42 Å². The summed E-state index contributed by atoms with van der Waals surface area (Å²) in [5.41, 5.74) is 1.66. The fraction of sp³-hybridized carbons (Fsp3) is 0.500. The number of carbonyl (C=O) groups excluding carboxylic acids is 1. The number of rotatable bonds is 6. The number of pyridine rings is 1. The number of carboxylic acids is 1. The molecule has 0 aromatic carbocycles. The van der Waals surface area contributed by atoms with E-state index in [1.807, 2.05) is 32.9 Å². The average molecular weight is 264 g/mol. The topological polar surface area (TPSA) is 79.3 Å². The highest BCUT2D eigenvalue weighted by molar-refractivity contribution is 5.84. The van der Waals surface area contributed by atoms with Crippen molar-refractivity contribution in [2.45, 2.75) is 39.7 Å². The van der Waals surface area contributed by atoms with Gasteiger partial charge in [0.1, 0.15) is 6.04 Å². The number of nitrogens with zero attached hydrogens (tertiary/aromatic N) is 1. The Balaban J connectivity index is 2.57. The van der Waals surface area contributed by atoms with Gasteiger partial charge in [-0.1, -0.05) is 19.9 Å². The van der Waals surface area contributed by atoms with Crippen molar-refractivity contribution in [3.8, 4) is 0 Å². The van der Waals surface area contributed by atoms with Crippen molar-refractivity contribution in [3.05, 3.63) is 29.6 Å². The second-order valence-corrected chi connectivity index (χ2v) is 5.07. The molecule has 5 heteroatoms. The summed E-state index contributed by atoms with van der Waals surface area (Å²) in [6, 6.07) is 2.82. The van der Waals surface area contributed by atoms with Crippen LogP contribution in [0, 0.1) is 12.8 Å². The first-order valence-corrected chi connectivity index (χ1v) is 6.32. The third-order valence-corrected chi connectivity index (χ3v) is 2.68. The predicted molar refractivity (Wildman–Crippen MR) is 71.7 cm³/mol. The van der Waals surface area contributed by atoms with E-state index in [4.69, 9.17) is 5.11 Å². The number of nitrogens with one attached hydrogen (secondary N) is 1. The van der Waals surface area contributed by atoms with Gasteiger partial charge in [-0.05, 0) is 30.9 Å². The molecular weight excluding hydrogens is 244 g/mol. The Hall–Kier alpha value is -1.91. The third-order valence-electron chi connectivity index (χ3n) is 2.68. The zero-order valence-electron chi connectivity index (χ0n) is 11.5. The number of aliphatic carboxylic acids is 1. The van der Waals surface area contributed by atoms with Crippen molar-refractivity contribution in [2.75, 3.05) is 0 Å². The Bertz CT molecular complexity index is 441. The van der Waals surface area contributed by atoms with Crippen molar-refractivity contribution in [3.63, 3.8) is 0 Å². The largest absolute Gasteiger partial charge is 0.480 e. The van der Waals surface area contributed by atoms with Crippen LogP contribution in [-0.4, -0.2) is 28.0 Å². The number of hydrogen-bond acceptors (Lipinski definition) is 3. The molecule has 0 unspecified atom stereocenters. The van der Waals surface area contributed by atoms with E-state index in [-0.39, 0.29) is 18.2 Å². The summed E-state index contributed by atoms with van der Waals surface area (Å²) < 4.78 is 0. The van der Waals surface area contributed by atoms with Crippen LogP contribution in [0.15, 0.2) is 18.3 Å². The van der Waals surface area contributed by atoms with Crippen LogP contribution in [0.2, 0.25) is 0 Å². The summed E-state index contributed by atoms with van der Waals surface area (Å²) in [5.74, 6) is -1.08. The van der Waals surface area contributed by atoms with E-state index in [2.05, 4.69) is 10.3 Å².